The van der Waals surface area contributed by atoms with E-state index in [2.05, 4.69) is 86.3 Å². The molecule has 0 aliphatic rings. The maximum absolute atomic E-state index is 2.45. The van der Waals surface area contributed by atoms with Crippen molar-refractivity contribution in [2.75, 3.05) is 27.2 Å². The minimum atomic E-state index is 1.04. The highest BCUT2D eigenvalue weighted by Crippen LogP contribution is 2.21. The number of benzene rings is 2. The van der Waals surface area contributed by atoms with Gasteiger partial charge in [-0.15, -0.1) is 0 Å². The summed E-state index contributed by atoms with van der Waals surface area (Å²) in [5.41, 5.74) is 5.43. The van der Waals surface area contributed by atoms with Crippen molar-refractivity contribution in [2.45, 2.75) is 91.1 Å². The van der Waals surface area contributed by atoms with Crippen molar-refractivity contribution >= 4 is 0 Å². The molecule has 32 heavy (non-hydrogen) atoms. The van der Waals surface area contributed by atoms with E-state index >= 15 is 0 Å². The van der Waals surface area contributed by atoms with Crippen LogP contribution in [-0.2, 0) is 13.1 Å². The van der Waals surface area contributed by atoms with E-state index in [4.69, 9.17) is 0 Å². The standard InChI is InChI=1S/C30H48N2/c1-5-7-9-11-13-23-31(3)25-27-15-19-29(20-16-27)30-21-17-28(18-22-30)26-32(4)24-14-12-10-8-6-2/h15-22H,5-14,23-26H2,1-4H3. The van der Waals surface area contributed by atoms with Gasteiger partial charge < -0.3 is 9.80 Å². The minimum Gasteiger partial charge on any atom is -0.302 e. The average molecular weight is 437 g/mol. The predicted molar refractivity (Wildman–Crippen MR) is 142 cm³/mol. The van der Waals surface area contributed by atoms with Crippen LogP contribution in [0.15, 0.2) is 48.5 Å². The number of hydrogen-bond donors (Lipinski definition) is 0. The Morgan fingerprint density at radius 1 is 0.469 bits per heavy atom. The molecule has 2 aromatic carbocycles. The average Bonchev–Trinajstić information content (AvgIpc) is 2.80. The van der Waals surface area contributed by atoms with Crippen molar-refractivity contribution < 1.29 is 0 Å². The van der Waals surface area contributed by atoms with E-state index in [1.165, 1.54) is 99.6 Å². The van der Waals surface area contributed by atoms with Crippen molar-refractivity contribution in [3.05, 3.63) is 59.7 Å². The monoisotopic (exact) mass is 436 g/mol. The lowest BCUT2D eigenvalue weighted by Gasteiger charge is -2.17. The summed E-state index contributed by atoms with van der Waals surface area (Å²) in [5.74, 6) is 0. The van der Waals surface area contributed by atoms with Gasteiger partial charge in [0.05, 0.1) is 0 Å². The third-order valence-corrected chi connectivity index (χ3v) is 6.43. The lowest BCUT2D eigenvalue weighted by molar-refractivity contribution is 0.316. The second-order valence-electron chi connectivity index (χ2n) is 9.70. The second-order valence-corrected chi connectivity index (χ2v) is 9.70. The SMILES string of the molecule is CCCCCCCN(C)Cc1ccc(-c2ccc(CN(C)CCCCCCC)cc2)cc1. The third-order valence-electron chi connectivity index (χ3n) is 6.43. The van der Waals surface area contributed by atoms with Gasteiger partial charge in [0.2, 0.25) is 0 Å². The van der Waals surface area contributed by atoms with Gasteiger partial charge in [0, 0.05) is 13.1 Å². The predicted octanol–water partition coefficient (Wildman–Crippen LogP) is 8.16. The molecule has 0 spiro atoms. The first kappa shape index (κ1) is 26.6. The zero-order valence-electron chi connectivity index (χ0n) is 21.4. The van der Waals surface area contributed by atoms with Gasteiger partial charge in [0.15, 0.2) is 0 Å². The summed E-state index contributed by atoms with van der Waals surface area (Å²) in [5, 5.41) is 0. The molecule has 178 valence electrons. The first-order valence-electron chi connectivity index (χ1n) is 13.2. The van der Waals surface area contributed by atoms with Crippen molar-refractivity contribution in [1.82, 2.24) is 9.80 Å². The zero-order valence-corrected chi connectivity index (χ0v) is 21.4. The van der Waals surface area contributed by atoms with Gasteiger partial charge in [-0.05, 0) is 62.3 Å². The van der Waals surface area contributed by atoms with E-state index < -0.39 is 0 Å². The highest BCUT2D eigenvalue weighted by Gasteiger charge is 2.04. The highest BCUT2D eigenvalue weighted by molar-refractivity contribution is 5.63. The molecular weight excluding hydrogens is 388 g/mol. The first-order valence-corrected chi connectivity index (χ1v) is 13.2. The van der Waals surface area contributed by atoms with Crippen molar-refractivity contribution in [1.29, 1.82) is 0 Å². The van der Waals surface area contributed by atoms with Gasteiger partial charge in [-0.2, -0.15) is 0 Å². The van der Waals surface area contributed by atoms with Crippen LogP contribution in [0.4, 0.5) is 0 Å². The molecule has 2 nitrogen and oxygen atoms in total. The molecule has 0 N–H and O–H groups in total. The molecule has 0 atom stereocenters. The molecule has 0 aliphatic heterocycles. The Morgan fingerprint density at radius 3 is 1.16 bits per heavy atom. The van der Waals surface area contributed by atoms with Crippen LogP contribution in [0.3, 0.4) is 0 Å². The van der Waals surface area contributed by atoms with E-state index in [1.54, 1.807) is 0 Å². The number of nitrogens with zero attached hydrogens (tertiary/aromatic N) is 2. The summed E-state index contributed by atoms with van der Waals surface area (Å²) in [7, 11) is 4.49. The lowest BCUT2D eigenvalue weighted by Crippen LogP contribution is -2.19. The number of hydrogen-bond acceptors (Lipinski definition) is 2. The van der Waals surface area contributed by atoms with Gasteiger partial charge in [0.1, 0.15) is 0 Å². The molecule has 0 bridgehead atoms. The Bertz CT molecular complexity index is 641. The third kappa shape index (κ3) is 10.8. The van der Waals surface area contributed by atoms with Gasteiger partial charge in [-0.25, -0.2) is 0 Å². The number of rotatable bonds is 17. The fraction of sp³-hybridized carbons (Fsp3) is 0.600. The van der Waals surface area contributed by atoms with Crippen LogP contribution in [0.25, 0.3) is 11.1 Å². The summed E-state index contributed by atoms with van der Waals surface area (Å²) < 4.78 is 0. The van der Waals surface area contributed by atoms with Crippen LogP contribution in [0.5, 0.6) is 0 Å². The molecule has 0 radical (unpaired) electrons. The Hall–Kier alpha value is -1.64. The first-order chi connectivity index (χ1) is 15.6. The molecule has 0 saturated carbocycles. The fourth-order valence-corrected chi connectivity index (χ4v) is 4.36. The minimum absolute atomic E-state index is 1.04. The van der Waals surface area contributed by atoms with Crippen LogP contribution < -0.4 is 0 Å². The quantitative estimate of drug-likeness (QED) is 0.231. The van der Waals surface area contributed by atoms with E-state index in [0.717, 1.165) is 13.1 Å². The van der Waals surface area contributed by atoms with E-state index in [-0.39, 0.29) is 0 Å². The summed E-state index contributed by atoms with van der Waals surface area (Å²) in [6, 6.07) is 18.3. The Labute approximate surface area is 199 Å². The Kier molecular flexibility index (Phi) is 13.3. The Morgan fingerprint density at radius 2 is 0.812 bits per heavy atom. The van der Waals surface area contributed by atoms with Crippen molar-refractivity contribution in [3.8, 4) is 11.1 Å². The van der Waals surface area contributed by atoms with E-state index in [0.29, 0.717) is 0 Å². The van der Waals surface area contributed by atoms with Crippen LogP contribution in [0.1, 0.15) is 89.2 Å². The van der Waals surface area contributed by atoms with Crippen molar-refractivity contribution in [3.63, 3.8) is 0 Å². The van der Waals surface area contributed by atoms with Crippen molar-refractivity contribution in [2.24, 2.45) is 0 Å². The van der Waals surface area contributed by atoms with Gasteiger partial charge in [-0.3, -0.25) is 0 Å². The van der Waals surface area contributed by atoms with Gasteiger partial charge in [-0.1, -0.05) is 114 Å². The molecule has 2 aromatic rings. The molecule has 0 aliphatic carbocycles. The van der Waals surface area contributed by atoms with E-state index in [9.17, 15) is 0 Å². The number of unbranched alkanes of at least 4 members (excludes halogenated alkanes) is 8. The second kappa shape index (κ2) is 16.0. The molecule has 0 saturated heterocycles. The van der Waals surface area contributed by atoms with Crippen LogP contribution >= 0.6 is 0 Å². The molecule has 2 heteroatoms. The summed E-state index contributed by atoms with van der Waals surface area (Å²) in [6.07, 6.45) is 13.5. The zero-order chi connectivity index (χ0) is 23.0. The van der Waals surface area contributed by atoms with E-state index in [1.807, 2.05) is 0 Å². The smallest absolute Gasteiger partial charge is 0.0230 e. The largest absolute Gasteiger partial charge is 0.302 e. The van der Waals surface area contributed by atoms with Gasteiger partial charge >= 0.3 is 0 Å². The van der Waals surface area contributed by atoms with Crippen LogP contribution in [0, 0.1) is 0 Å². The van der Waals surface area contributed by atoms with Crippen LogP contribution in [-0.4, -0.2) is 37.0 Å². The summed E-state index contributed by atoms with van der Waals surface area (Å²) in [6.45, 7) is 9.02. The molecule has 2 rings (SSSR count). The van der Waals surface area contributed by atoms with Gasteiger partial charge in [0.25, 0.3) is 0 Å². The summed E-state index contributed by atoms with van der Waals surface area (Å²) in [4.78, 5) is 4.91. The lowest BCUT2D eigenvalue weighted by atomic mass is 10.0. The maximum atomic E-state index is 2.45. The fourth-order valence-electron chi connectivity index (χ4n) is 4.36. The Balaban J connectivity index is 1.75. The highest BCUT2D eigenvalue weighted by atomic mass is 15.1. The van der Waals surface area contributed by atoms with Crippen LogP contribution in [0.2, 0.25) is 0 Å². The molecule has 0 amide bonds. The molecular formula is C30H48N2. The summed E-state index contributed by atoms with van der Waals surface area (Å²) >= 11 is 0. The maximum Gasteiger partial charge on any atom is 0.0230 e. The topological polar surface area (TPSA) is 6.48 Å². The molecule has 0 unspecified atom stereocenters. The molecule has 0 fully saturated rings. The normalized spacial score (nSPS) is 11.6. The molecule has 0 heterocycles. The molecule has 0 aromatic heterocycles.